The highest BCUT2D eigenvalue weighted by molar-refractivity contribution is 6.84. The van der Waals surface area contributed by atoms with E-state index in [2.05, 4.69) is 50.3 Å². The van der Waals surface area contributed by atoms with E-state index in [0.717, 1.165) is 26.2 Å². The van der Waals surface area contributed by atoms with E-state index in [9.17, 15) is 0 Å². The average Bonchev–Trinajstić information content (AvgIpc) is 2.29. The topological polar surface area (TPSA) is 18.5 Å². The van der Waals surface area contributed by atoms with Crippen molar-refractivity contribution in [3.63, 3.8) is 0 Å². The molecule has 1 aromatic carbocycles. The van der Waals surface area contributed by atoms with E-state index in [1.54, 1.807) is 0 Å². The molecule has 2 rings (SSSR count). The predicted octanol–water partition coefficient (Wildman–Crippen LogP) is 2.54. The van der Waals surface area contributed by atoms with Crippen LogP contribution in [0.2, 0.25) is 13.1 Å². The molecule has 0 bridgehead atoms. The smallest absolute Gasteiger partial charge is 0.218 e. The number of rotatable bonds is 5. The first kappa shape index (κ1) is 12.8. The lowest BCUT2D eigenvalue weighted by molar-refractivity contribution is -0.134. The zero-order valence-electron chi connectivity index (χ0n) is 11.0. The van der Waals surface area contributed by atoms with Crippen LogP contribution < -0.4 is 5.19 Å². The first-order valence-electron chi connectivity index (χ1n) is 6.35. The van der Waals surface area contributed by atoms with Crippen molar-refractivity contribution in [3.8, 4) is 0 Å². The first-order valence-corrected chi connectivity index (χ1v) is 9.26. The fourth-order valence-corrected chi connectivity index (χ4v) is 3.87. The Morgan fingerprint density at radius 1 is 1.24 bits per heavy atom. The monoisotopic (exact) mass is 250 g/mol. The summed E-state index contributed by atoms with van der Waals surface area (Å²) in [6, 6.07) is 10.6. The molecular formula is C14H22O2Si. The molecule has 2 nitrogen and oxygen atoms in total. The van der Waals surface area contributed by atoms with Crippen molar-refractivity contribution < 1.29 is 9.16 Å². The summed E-state index contributed by atoms with van der Waals surface area (Å²) in [5.41, 5.74) is 0.291. The van der Waals surface area contributed by atoms with Crippen molar-refractivity contribution in [1.82, 2.24) is 0 Å². The van der Waals surface area contributed by atoms with E-state index in [1.165, 1.54) is 5.19 Å². The van der Waals surface area contributed by atoms with Gasteiger partial charge in [-0.3, -0.25) is 0 Å². The van der Waals surface area contributed by atoms with Gasteiger partial charge in [0.2, 0.25) is 8.32 Å². The van der Waals surface area contributed by atoms with E-state index in [4.69, 9.17) is 9.16 Å². The van der Waals surface area contributed by atoms with Crippen molar-refractivity contribution in [2.45, 2.75) is 26.4 Å². The number of benzene rings is 1. The Hall–Kier alpha value is -0.643. The molecule has 0 radical (unpaired) electrons. The SMILES string of the molecule is CCC1(CO[Si](C)(C)c2ccccc2)COC1. The van der Waals surface area contributed by atoms with Crippen molar-refractivity contribution in [1.29, 1.82) is 0 Å². The van der Waals surface area contributed by atoms with Crippen molar-refractivity contribution in [2.75, 3.05) is 19.8 Å². The quantitative estimate of drug-likeness (QED) is 0.748. The van der Waals surface area contributed by atoms with Gasteiger partial charge in [-0.15, -0.1) is 0 Å². The highest BCUT2D eigenvalue weighted by Gasteiger charge is 2.39. The normalized spacial score (nSPS) is 18.8. The molecule has 0 amide bonds. The fraction of sp³-hybridized carbons (Fsp3) is 0.571. The minimum atomic E-state index is -1.74. The second kappa shape index (κ2) is 4.92. The first-order chi connectivity index (χ1) is 8.08. The van der Waals surface area contributed by atoms with Crippen LogP contribution in [0, 0.1) is 5.41 Å². The molecule has 0 unspecified atom stereocenters. The summed E-state index contributed by atoms with van der Waals surface area (Å²) in [4.78, 5) is 0. The van der Waals surface area contributed by atoms with Gasteiger partial charge in [0.25, 0.3) is 0 Å². The van der Waals surface area contributed by atoms with Crippen LogP contribution in [0.15, 0.2) is 30.3 Å². The summed E-state index contributed by atoms with van der Waals surface area (Å²) in [6.07, 6.45) is 1.15. The van der Waals surface area contributed by atoms with Gasteiger partial charge in [0.1, 0.15) is 0 Å². The second-order valence-corrected chi connectivity index (χ2v) is 9.40. The summed E-state index contributed by atoms with van der Waals surface area (Å²) in [7, 11) is -1.74. The van der Waals surface area contributed by atoms with E-state index in [0.29, 0.717) is 5.41 Å². The third kappa shape index (κ3) is 2.79. The standard InChI is InChI=1S/C14H22O2Si/c1-4-14(10-15-11-14)12-16-17(2,3)13-8-6-5-7-9-13/h5-9H,4,10-12H2,1-3H3. The van der Waals surface area contributed by atoms with Gasteiger partial charge < -0.3 is 9.16 Å². The summed E-state index contributed by atoms with van der Waals surface area (Å²) in [5.74, 6) is 0. The highest BCUT2D eigenvalue weighted by atomic mass is 28.4. The van der Waals surface area contributed by atoms with Crippen LogP contribution in [0.4, 0.5) is 0 Å². The van der Waals surface area contributed by atoms with E-state index >= 15 is 0 Å². The maximum absolute atomic E-state index is 6.27. The Labute approximate surface area is 105 Å². The summed E-state index contributed by atoms with van der Waals surface area (Å²) in [5, 5.41) is 1.37. The van der Waals surface area contributed by atoms with Gasteiger partial charge in [0.05, 0.1) is 13.2 Å². The zero-order valence-corrected chi connectivity index (χ0v) is 12.0. The van der Waals surface area contributed by atoms with Gasteiger partial charge in [0.15, 0.2) is 0 Å². The van der Waals surface area contributed by atoms with Crippen LogP contribution in [-0.2, 0) is 9.16 Å². The molecule has 0 aromatic heterocycles. The molecule has 1 aromatic rings. The van der Waals surface area contributed by atoms with E-state index in [-0.39, 0.29) is 0 Å². The van der Waals surface area contributed by atoms with E-state index < -0.39 is 8.32 Å². The van der Waals surface area contributed by atoms with Crippen LogP contribution in [0.1, 0.15) is 13.3 Å². The van der Waals surface area contributed by atoms with Crippen molar-refractivity contribution in [3.05, 3.63) is 30.3 Å². The van der Waals surface area contributed by atoms with Crippen LogP contribution in [0.3, 0.4) is 0 Å². The zero-order chi connectivity index (χ0) is 12.4. The molecule has 1 aliphatic heterocycles. The Balaban J connectivity index is 1.98. The molecule has 0 spiro atoms. The van der Waals surface area contributed by atoms with Crippen LogP contribution in [0.25, 0.3) is 0 Å². The molecule has 0 N–H and O–H groups in total. The molecular weight excluding hydrogens is 228 g/mol. The fourth-order valence-electron chi connectivity index (χ4n) is 2.04. The van der Waals surface area contributed by atoms with E-state index in [1.807, 2.05) is 0 Å². The molecule has 0 atom stereocenters. The molecule has 94 valence electrons. The Bertz CT molecular complexity index is 352. The van der Waals surface area contributed by atoms with Gasteiger partial charge in [-0.1, -0.05) is 37.3 Å². The van der Waals surface area contributed by atoms with Crippen molar-refractivity contribution in [2.24, 2.45) is 5.41 Å². The third-order valence-electron chi connectivity index (χ3n) is 3.77. The maximum atomic E-state index is 6.27. The van der Waals surface area contributed by atoms with Gasteiger partial charge in [-0.05, 0) is 24.7 Å². The van der Waals surface area contributed by atoms with Gasteiger partial charge in [-0.2, -0.15) is 0 Å². The minimum absolute atomic E-state index is 0.291. The Morgan fingerprint density at radius 2 is 1.88 bits per heavy atom. The molecule has 3 heteroatoms. The number of ether oxygens (including phenoxy) is 1. The highest BCUT2D eigenvalue weighted by Crippen LogP contribution is 2.32. The molecule has 1 aliphatic rings. The Kier molecular flexibility index (Phi) is 3.71. The number of hydrogen-bond donors (Lipinski definition) is 0. The van der Waals surface area contributed by atoms with Crippen LogP contribution in [0.5, 0.6) is 0 Å². The third-order valence-corrected chi connectivity index (χ3v) is 6.36. The maximum Gasteiger partial charge on any atom is 0.218 e. The molecule has 1 saturated heterocycles. The second-order valence-electron chi connectivity index (χ2n) is 5.51. The average molecular weight is 250 g/mol. The van der Waals surface area contributed by atoms with Gasteiger partial charge in [0, 0.05) is 12.0 Å². The van der Waals surface area contributed by atoms with Crippen molar-refractivity contribution >= 4 is 13.5 Å². The summed E-state index contributed by atoms with van der Waals surface area (Å²) >= 11 is 0. The minimum Gasteiger partial charge on any atom is -0.412 e. The van der Waals surface area contributed by atoms with Crippen LogP contribution >= 0.6 is 0 Å². The summed E-state index contributed by atoms with van der Waals surface area (Å²) in [6.45, 7) is 9.34. The Morgan fingerprint density at radius 3 is 2.35 bits per heavy atom. The molecule has 1 heterocycles. The number of hydrogen-bond acceptors (Lipinski definition) is 2. The molecule has 0 saturated carbocycles. The summed E-state index contributed by atoms with van der Waals surface area (Å²) < 4.78 is 11.6. The molecule has 1 fully saturated rings. The van der Waals surface area contributed by atoms with Crippen LogP contribution in [-0.4, -0.2) is 28.1 Å². The largest absolute Gasteiger partial charge is 0.412 e. The lowest BCUT2D eigenvalue weighted by Gasteiger charge is -2.42. The lowest BCUT2D eigenvalue weighted by Crippen LogP contribution is -2.52. The van der Waals surface area contributed by atoms with Gasteiger partial charge in [-0.25, -0.2) is 0 Å². The lowest BCUT2D eigenvalue weighted by atomic mass is 9.84. The molecule has 17 heavy (non-hydrogen) atoms. The molecule has 0 aliphatic carbocycles. The predicted molar refractivity (Wildman–Crippen MR) is 73.1 cm³/mol. The van der Waals surface area contributed by atoms with Gasteiger partial charge >= 0.3 is 0 Å².